The van der Waals surface area contributed by atoms with Crippen molar-refractivity contribution in [1.82, 2.24) is 15.2 Å². The van der Waals surface area contributed by atoms with Gasteiger partial charge >= 0.3 is 0 Å². The van der Waals surface area contributed by atoms with Crippen molar-refractivity contribution < 1.29 is 0 Å². The van der Waals surface area contributed by atoms with Crippen molar-refractivity contribution >= 4 is 5.82 Å². The zero-order valence-corrected chi connectivity index (χ0v) is 11.5. The minimum atomic E-state index is 0.880. The zero-order chi connectivity index (χ0) is 12.8. The number of hydrogen-bond donors (Lipinski definition) is 1. The fourth-order valence-corrected chi connectivity index (χ4v) is 2.36. The van der Waals surface area contributed by atoms with Crippen LogP contribution in [0.2, 0.25) is 0 Å². The molecule has 1 N–H and O–H groups in total. The van der Waals surface area contributed by atoms with Gasteiger partial charge in [-0.3, -0.25) is 0 Å². The van der Waals surface area contributed by atoms with E-state index in [-0.39, 0.29) is 0 Å². The van der Waals surface area contributed by atoms with Gasteiger partial charge in [0.1, 0.15) is 5.82 Å². The standard InChI is InChI=1S/C14H24N4/c1-15-11-13-5-6-14(16-12-13)17(2)9-10-18-7-3-4-8-18/h5-6,12,15H,3-4,7-11H2,1-2H3. The number of likely N-dealkylation sites (tertiary alicyclic amines) is 1. The van der Waals surface area contributed by atoms with Crippen LogP contribution in [0, 0.1) is 0 Å². The van der Waals surface area contributed by atoms with Gasteiger partial charge in [0.05, 0.1) is 0 Å². The lowest BCUT2D eigenvalue weighted by Gasteiger charge is -2.22. The molecule has 0 atom stereocenters. The maximum atomic E-state index is 4.51. The van der Waals surface area contributed by atoms with Crippen molar-refractivity contribution in [1.29, 1.82) is 0 Å². The van der Waals surface area contributed by atoms with Gasteiger partial charge in [-0.1, -0.05) is 6.07 Å². The van der Waals surface area contributed by atoms with Gasteiger partial charge in [0, 0.05) is 32.9 Å². The van der Waals surface area contributed by atoms with Crippen molar-refractivity contribution in [2.45, 2.75) is 19.4 Å². The molecule has 1 saturated heterocycles. The van der Waals surface area contributed by atoms with Crippen LogP contribution in [0.4, 0.5) is 5.82 Å². The van der Waals surface area contributed by atoms with Gasteiger partial charge in [-0.2, -0.15) is 0 Å². The van der Waals surface area contributed by atoms with E-state index in [4.69, 9.17) is 0 Å². The first-order valence-electron chi connectivity index (χ1n) is 6.82. The maximum Gasteiger partial charge on any atom is 0.128 e. The van der Waals surface area contributed by atoms with Crippen molar-refractivity contribution in [2.75, 3.05) is 45.2 Å². The first kappa shape index (κ1) is 13.3. The summed E-state index contributed by atoms with van der Waals surface area (Å²) in [5, 5.41) is 3.13. The molecule has 100 valence electrons. The summed E-state index contributed by atoms with van der Waals surface area (Å²) in [4.78, 5) is 9.28. The van der Waals surface area contributed by atoms with Crippen LogP contribution in [0.1, 0.15) is 18.4 Å². The van der Waals surface area contributed by atoms with Gasteiger partial charge in [-0.05, 0) is 44.6 Å². The molecule has 2 rings (SSSR count). The van der Waals surface area contributed by atoms with E-state index >= 15 is 0 Å². The molecule has 1 fully saturated rings. The molecule has 1 aliphatic heterocycles. The SMILES string of the molecule is CNCc1ccc(N(C)CCN2CCCC2)nc1. The summed E-state index contributed by atoms with van der Waals surface area (Å²) < 4.78 is 0. The molecule has 4 nitrogen and oxygen atoms in total. The second kappa shape index (κ2) is 6.71. The Kier molecular flexibility index (Phi) is 4.96. The number of anilines is 1. The highest BCUT2D eigenvalue weighted by Crippen LogP contribution is 2.11. The molecule has 0 unspecified atom stereocenters. The van der Waals surface area contributed by atoms with Crippen LogP contribution in [0.3, 0.4) is 0 Å². The summed E-state index contributed by atoms with van der Waals surface area (Å²) in [5.74, 6) is 1.06. The predicted molar refractivity (Wildman–Crippen MR) is 75.9 cm³/mol. The Hall–Kier alpha value is -1.13. The normalized spacial score (nSPS) is 16.1. The molecule has 0 aromatic carbocycles. The van der Waals surface area contributed by atoms with Gasteiger partial charge in [-0.15, -0.1) is 0 Å². The summed E-state index contributed by atoms with van der Waals surface area (Å²) in [6.45, 7) is 5.62. The van der Waals surface area contributed by atoms with Gasteiger partial charge in [0.2, 0.25) is 0 Å². The molecule has 1 aromatic rings. The van der Waals surface area contributed by atoms with E-state index in [1.54, 1.807) is 0 Å². The van der Waals surface area contributed by atoms with Crippen LogP contribution in [0.5, 0.6) is 0 Å². The largest absolute Gasteiger partial charge is 0.358 e. The molecular formula is C14H24N4. The fourth-order valence-electron chi connectivity index (χ4n) is 2.36. The molecule has 0 radical (unpaired) electrons. The molecule has 1 aliphatic rings. The van der Waals surface area contributed by atoms with E-state index in [0.717, 1.165) is 25.5 Å². The molecule has 0 saturated carbocycles. The van der Waals surface area contributed by atoms with Crippen LogP contribution in [-0.4, -0.2) is 50.2 Å². The van der Waals surface area contributed by atoms with Crippen LogP contribution in [-0.2, 0) is 6.54 Å². The van der Waals surface area contributed by atoms with E-state index in [2.05, 4.69) is 39.3 Å². The molecule has 0 aliphatic carbocycles. The van der Waals surface area contributed by atoms with Gasteiger partial charge in [0.15, 0.2) is 0 Å². The zero-order valence-electron chi connectivity index (χ0n) is 11.5. The number of nitrogens with one attached hydrogen (secondary N) is 1. The summed E-state index contributed by atoms with van der Waals surface area (Å²) in [5.41, 5.74) is 1.23. The topological polar surface area (TPSA) is 31.4 Å². The van der Waals surface area contributed by atoms with E-state index in [9.17, 15) is 0 Å². The number of nitrogens with zero attached hydrogens (tertiary/aromatic N) is 3. The number of aromatic nitrogens is 1. The highest BCUT2D eigenvalue weighted by Gasteiger charge is 2.12. The second-order valence-corrected chi connectivity index (χ2v) is 5.03. The highest BCUT2D eigenvalue weighted by atomic mass is 15.2. The van der Waals surface area contributed by atoms with Gasteiger partial charge < -0.3 is 15.1 Å². The predicted octanol–water partition coefficient (Wildman–Crippen LogP) is 1.33. The summed E-state index contributed by atoms with van der Waals surface area (Å²) >= 11 is 0. The number of rotatable bonds is 6. The minimum absolute atomic E-state index is 0.880. The Morgan fingerprint density at radius 2 is 2.11 bits per heavy atom. The van der Waals surface area contributed by atoms with Crippen LogP contribution in [0.25, 0.3) is 0 Å². The Balaban J connectivity index is 1.81. The third kappa shape index (κ3) is 3.68. The molecule has 0 amide bonds. The first-order valence-corrected chi connectivity index (χ1v) is 6.82. The Bertz CT molecular complexity index is 343. The summed E-state index contributed by atoms with van der Waals surface area (Å²) in [6, 6.07) is 4.25. The lowest BCUT2D eigenvalue weighted by atomic mass is 10.3. The van der Waals surface area contributed by atoms with Crippen molar-refractivity contribution in [2.24, 2.45) is 0 Å². The van der Waals surface area contributed by atoms with Crippen molar-refractivity contribution in [3.05, 3.63) is 23.9 Å². The Morgan fingerprint density at radius 1 is 1.33 bits per heavy atom. The number of likely N-dealkylation sites (N-methyl/N-ethyl adjacent to an activating group) is 1. The lowest BCUT2D eigenvalue weighted by Crippen LogP contribution is -2.31. The van der Waals surface area contributed by atoms with Crippen molar-refractivity contribution in [3.8, 4) is 0 Å². The van der Waals surface area contributed by atoms with Crippen LogP contribution >= 0.6 is 0 Å². The smallest absolute Gasteiger partial charge is 0.128 e. The Morgan fingerprint density at radius 3 is 2.72 bits per heavy atom. The number of hydrogen-bond acceptors (Lipinski definition) is 4. The summed E-state index contributed by atoms with van der Waals surface area (Å²) in [7, 11) is 4.08. The first-order chi connectivity index (χ1) is 8.79. The molecule has 18 heavy (non-hydrogen) atoms. The average Bonchev–Trinajstić information content (AvgIpc) is 2.90. The lowest BCUT2D eigenvalue weighted by molar-refractivity contribution is 0.346. The average molecular weight is 248 g/mol. The second-order valence-electron chi connectivity index (χ2n) is 5.03. The molecule has 1 aromatic heterocycles. The molecular weight excluding hydrogens is 224 g/mol. The van der Waals surface area contributed by atoms with E-state index in [0.29, 0.717) is 0 Å². The van der Waals surface area contributed by atoms with Crippen LogP contribution in [0.15, 0.2) is 18.3 Å². The minimum Gasteiger partial charge on any atom is -0.358 e. The fraction of sp³-hybridized carbons (Fsp3) is 0.643. The monoisotopic (exact) mass is 248 g/mol. The van der Waals surface area contributed by atoms with Crippen molar-refractivity contribution in [3.63, 3.8) is 0 Å². The van der Waals surface area contributed by atoms with Gasteiger partial charge in [-0.25, -0.2) is 4.98 Å². The van der Waals surface area contributed by atoms with E-state index in [1.165, 1.54) is 31.5 Å². The third-order valence-corrected chi connectivity index (χ3v) is 3.53. The number of pyridine rings is 1. The van der Waals surface area contributed by atoms with Gasteiger partial charge in [0.25, 0.3) is 0 Å². The summed E-state index contributed by atoms with van der Waals surface area (Å²) in [6.07, 6.45) is 4.68. The molecule has 0 spiro atoms. The molecule has 0 bridgehead atoms. The van der Waals surface area contributed by atoms with Crippen LogP contribution < -0.4 is 10.2 Å². The third-order valence-electron chi connectivity index (χ3n) is 3.53. The highest BCUT2D eigenvalue weighted by molar-refractivity contribution is 5.38. The maximum absolute atomic E-state index is 4.51. The Labute approximate surface area is 110 Å². The van der Waals surface area contributed by atoms with E-state index in [1.807, 2.05) is 13.2 Å². The molecule has 4 heteroatoms. The molecule has 2 heterocycles. The van der Waals surface area contributed by atoms with E-state index < -0.39 is 0 Å². The quantitative estimate of drug-likeness (QED) is 0.823.